The minimum atomic E-state index is 0.317. The summed E-state index contributed by atoms with van der Waals surface area (Å²) in [5.74, 6) is 2.02. The van der Waals surface area contributed by atoms with Crippen molar-refractivity contribution in [3.05, 3.63) is 58.0 Å². The van der Waals surface area contributed by atoms with Gasteiger partial charge in [-0.05, 0) is 63.4 Å². The van der Waals surface area contributed by atoms with E-state index in [2.05, 4.69) is 57.3 Å². The second-order valence-corrected chi connectivity index (χ2v) is 5.55. The predicted octanol–water partition coefficient (Wildman–Crippen LogP) is 4.41. The standard InChI is InChI=1S/C18H25NO/c1-6-19-18(17-10-14(4)20-15(17)5)11-16-12(2)8-7-9-13(16)3/h7-10,18-19H,6,11H2,1-5H3. The van der Waals surface area contributed by atoms with Gasteiger partial charge in [-0.15, -0.1) is 0 Å². The predicted molar refractivity (Wildman–Crippen MR) is 84.2 cm³/mol. The van der Waals surface area contributed by atoms with Gasteiger partial charge >= 0.3 is 0 Å². The Balaban J connectivity index is 2.33. The Morgan fingerprint density at radius 3 is 2.25 bits per heavy atom. The van der Waals surface area contributed by atoms with Crippen molar-refractivity contribution in [1.29, 1.82) is 0 Å². The number of hydrogen-bond acceptors (Lipinski definition) is 2. The van der Waals surface area contributed by atoms with Gasteiger partial charge in [0, 0.05) is 11.6 Å². The topological polar surface area (TPSA) is 25.2 Å². The molecule has 1 aromatic carbocycles. The summed E-state index contributed by atoms with van der Waals surface area (Å²) in [7, 11) is 0. The van der Waals surface area contributed by atoms with E-state index in [0.717, 1.165) is 24.5 Å². The highest BCUT2D eigenvalue weighted by molar-refractivity contribution is 5.36. The van der Waals surface area contributed by atoms with Crippen molar-refractivity contribution in [2.45, 2.75) is 47.1 Å². The van der Waals surface area contributed by atoms with Crippen LogP contribution >= 0.6 is 0 Å². The molecule has 2 aromatic rings. The second-order valence-electron chi connectivity index (χ2n) is 5.55. The molecule has 0 saturated carbocycles. The number of likely N-dealkylation sites (N-methyl/N-ethyl adjacent to an activating group) is 1. The largest absolute Gasteiger partial charge is 0.466 e. The summed E-state index contributed by atoms with van der Waals surface area (Å²) in [4.78, 5) is 0. The zero-order chi connectivity index (χ0) is 14.7. The molecule has 0 aliphatic carbocycles. The molecular formula is C18H25NO. The summed E-state index contributed by atoms with van der Waals surface area (Å²) < 4.78 is 5.70. The molecule has 0 fully saturated rings. The lowest BCUT2D eigenvalue weighted by Crippen LogP contribution is -2.23. The molecule has 0 bridgehead atoms. The molecule has 0 saturated heterocycles. The molecule has 1 atom stereocenters. The van der Waals surface area contributed by atoms with E-state index in [1.54, 1.807) is 0 Å². The van der Waals surface area contributed by atoms with Crippen LogP contribution in [-0.4, -0.2) is 6.54 Å². The summed E-state index contributed by atoms with van der Waals surface area (Å²) >= 11 is 0. The quantitative estimate of drug-likeness (QED) is 0.871. The number of hydrogen-bond donors (Lipinski definition) is 1. The highest BCUT2D eigenvalue weighted by Gasteiger charge is 2.18. The van der Waals surface area contributed by atoms with Crippen molar-refractivity contribution in [1.82, 2.24) is 5.32 Å². The van der Waals surface area contributed by atoms with Crippen LogP contribution in [0.25, 0.3) is 0 Å². The lowest BCUT2D eigenvalue weighted by Gasteiger charge is -2.20. The first-order valence-electron chi connectivity index (χ1n) is 7.38. The number of furan rings is 1. The molecular weight excluding hydrogens is 246 g/mol. The van der Waals surface area contributed by atoms with Crippen molar-refractivity contribution >= 4 is 0 Å². The molecule has 2 nitrogen and oxygen atoms in total. The number of benzene rings is 1. The Labute approximate surface area is 122 Å². The first kappa shape index (κ1) is 14.9. The maximum absolute atomic E-state index is 5.70. The average molecular weight is 271 g/mol. The van der Waals surface area contributed by atoms with Crippen molar-refractivity contribution in [3.63, 3.8) is 0 Å². The molecule has 20 heavy (non-hydrogen) atoms. The van der Waals surface area contributed by atoms with Crippen LogP contribution in [0.4, 0.5) is 0 Å². The van der Waals surface area contributed by atoms with Gasteiger partial charge in [-0.2, -0.15) is 0 Å². The minimum Gasteiger partial charge on any atom is -0.466 e. The molecule has 1 heterocycles. The zero-order valence-electron chi connectivity index (χ0n) is 13.2. The molecule has 2 rings (SSSR count). The van der Waals surface area contributed by atoms with E-state index in [1.165, 1.54) is 22.3 Å². The van der Waals surface area contributed by atoms with Crippen LogP contribution < -0.4 is 5.32 Å². The molecule has 1 N–H and O–H groups in total. The van der Waals surface area contributed by atoms with Crippen LogP contribution in [0.1, 0.15) is 46.7 Å². The Hall–Kier alpha value is -1.54. The van der Waals surface area contributed by atoms with Gasteiger partial charge in [0.05, 0.1) is 0 Å². The van der Waals surface area contributed by atoms with Gasteiger partial charge in [0.1, 0.15) is 11.5 Å². The van der Waals surface area contributed by atoms with E-state index < -0.39 is 0 Å². The van der Waals surface area contributed by atoms with Crippen LogP contribution in [0, 0.1) is 27.7 Å². The van der Waals surface area contributed by atoms with Gasteiger partial charge in [0.2, 0.25) is 0 Å². The molecule has 0 aliphatic heterocycles. The van der Waals surface area contributed by atoms with Crippen LogP contribution in [0.5, 0.6) is 0 Å². The third kappa shape index (κ3) is 3.13. The van der Waals surface area contributed by atoms with Crippen LogP contribution in [0.15, 0.2) is 28.7 Å². The SMILES string of the molecule is CCNC(Cc1c(C)cccc1C)c1cc(C)oc1C. The Kier molecular flexibility index (Phi) is 4.66. The van der Waals surface area contributed by atoms with Crippen molar-refractivity contribution in [2.24, 2.45) is 0 Å². The highest BCUT2D eigenvalue weighted by atomic mass is 16.3. The number of nitrogens with one attached hydrogen (secondary N) is 1. The first-order valence-corrected chi connectivity index (χ1v) is 7.38. The molecule has 108 valence electrons. The Morgan fingerprint density at radius 1 is 1.10 bits per heavy atom. The monoisotopic (exact) mass is 271 g/mol. The number of rotatable bonds is 5. The van der Waals surface area contributed by atoms with E-state index in [9.17, 15) is 0 Å². The molecule has 2 heteroatoms. The maximum atomic E-state index is 5.70. The summed E-state index contributed by atoms with van der Waals surface area (Å²) in [6, 6.07) is 9.00. The van der Waals surface area contributed by atoms with Crippen LogP contribution in [-0.2, 0) is 6.42 Å². The van der Waals surface area contributed by atoms with Crippen LogP contribution in [0.3, 0.4) is 0 Å². The fourth-order valence-corrected chi connectivity index (χ4v) is 2.91. The Bertz CT molecular complexity index is 563. The van der Waals surface area contributed by atoms with Crippen molar-refractivity contribution in [2.75, 3.05) is 6.54 Å². The highest BCUT2D eigenvalue weighted by Crippen LogP contribution is 2.27. The molecule has 0 amide bonds. The third-order valence-electron chi connectivity index (χ3n) is 3.96. The van der Waals surface area contributed by atoms with Crippen molar-refractivity contribution < 1.29 is 4.42 Å². The summed E-state index contributed by atoms with van der Waals surface area (Å²) in [5, 5.41) is 3.60. The third-order valence-corrected chi connectivity index (χ3v) is 3.96. The second kappa shape index (κ2) is 6.27. The summed E-state index contributed by atoms with van der Waals surface area (Å²) in [6.45, 7) is 11.6. The lowest BCUT2D eigenvalue weighted by atomic mass is 9.93. The normalized spacial score (nSPS) is 12.7. The fraction of sp³-hybridized carbons (Fsp3) is 0.444. The van der Waals surface area contributed by atoms with E-state index in [4.69, 9.17) is 4.42 Å². The average Bonchev–Trinajstić information content (AvgIpc) is 2.72. The molecule has 0 radical (unpaired) electrons. The fourth-order valence-electron chi connectivity index (χ4n) is 2.91. The van der Waals surface area contributed by atoms with Gasteiger partial charge in [-0.3, -0.25) is 0 Å². The molecule has 1 aromatic heterocycles. The van der Waals surface area contributed by atoms with Gasteiger partial charge in [0.25, 0.3) is 0 Å². The van der Waals surface area contributed by atoms with E-state index in [-0.39, 0.29) is 0 Å². The lowest BCUT2D eigenvalue weighted by molar-refractivity contribution is 0.484. The van der Waals surface area contributed by atoms with Gasteiger partial charge < -0.3 is 9.73 Å². The van der Waals surface area contributed by atoms with Crippen molar-refractivity contribution in [3.8, 4) is 0 Å². The van der Waals surface area contributed by atoms with Crippen LogP contribution in [0.2, 0.25) is 0 Å². The number of aryl methyl sites for hydroxylation is 4. The van der Waals surface area contributed by atoms with E-state index in [1.807, 2.05) is 6.92 Å². The van der Waals surface area contributed by atoms with E-state index >= 15 is 0 Å². The summed E-state index contributed by atoms with van der Waals surface area (Å²) in [6.07, 6.45) is 1.01. The smallest absolute Gasteiger partial charge is 0.105 e. The first-order chi connectivity index (χ1) is 9.52. The zero-order valence-corrected chi connectivity index (χ0v) is 13.2. The summed E-state index contributed by atoms with van der Waals surface area (Å²) in [5.41, 5.74) is 5.46. The van der Waals surface area contributed by atoms with Gasteiger partial charge in [-0.1, -0.05) is 25.1 Å². The Morgan fingerprint density at radius 2 is 1.75 bits per heavy atom. The van der Waals surface area contributed by atoms with Gasteiger partial charge in [-0.25, -0.2) is 0 Å². The maximum Gasteiger partial charge on any atom is 0.105 e. The molecule has 0 spiro atoms. The molecule has 1 unspecified atom stereocenters. The van der Waals surface area contributed by atoms with Gasteiger partial charge in [0.15, 0.2) is 0 Å². The molecule has 0 aliphatic rings. The van der Waals surface area contributed by atoms with E-state index in [0.29, 0.717) is 6.04 Å². The minimum absolute atomic E-state index is 0.317.